The van der Waals surface area contributed by atoms with E-state index in [1.165, 1.54) is 18.2 Å². The van der Waals surface area contributed by atoms with Gasteiger partial charge >= 0.3 is 11.9 Å². The molecule has 12 nitrogen and oxygen atoms in total. The number of esters is 1. The predicted molar refractivity (Wildman–Crippen MR) is 105 cm³/mol. The van der Waals surface area contributed by atoms with Crippen molar-refractivity contribution < 1.29 is 59.5 Å². The minimum atomic E-state index is -1.81. The molecule has 1 aromatic carbocycles. The predicted octanol–water partition coefficient (Wildman–Crippen LogP) is -2.03. The van der Waals surface area contributed by atoms with Gasteiger partial charge in [-0.3, -0.25) is 4.79 Å². The molecule has 7 atom stereocenters. The lowest BCUT2D eigenvalue weighted by molar-refractivity contribution is -0.318. The van der Waals surface area contributed by atoms with Gasteiger partial charge in [0.15, 0.2) is 6.29 Å². The molecule has 1 aliphatic heterocycles. The van der Waals surface area contributed by atoms with Crippen LogP contribution in [0.25, 0.3) is 6.08 Å². The van der Waals surface area contributed by atoms with Gasteiger partial charge in [0.05, 0.1) is 19.1 Å². The number of carbonyl (C=O) groups is 2. The molecule has 0 unspecified atom stereocenters. The van der Waals surface area contributed by atoms with Gasteiger partial charge < -0.3 is 50.0 Å². The Bertz CT molecular complexity index is 779. The summed E-state index contributed by atoms with van der Waals surface area (Å²) in [6, 6.07) is 5.97. The number of carboxylic acid groups (broad SMARTS) is 1. The van der Waals surface area contributed by atoms with E-state index >= 15 is 0 Å². The summed E-state index contributed by atoms with van der Waals surface area (Å²) in [5, 5.41) is 67.2. The zero-order chi connectivity index (χ0) is 23.8. The Morgan fingerprint density at radius 1 is 1.09 bits per heavy atom. The van der Waals surface area contributed by atoms with Crippen LogP contribution >= 0.6 is 0 Å². The highest BCUT2D eigenvalue weighted by Crippen LogP contribution is 2.25. The van der Waals surface area contributed by atoms with Gasteiger partial charge in [-0.1, -0.05) is 12.1 Å². The molecule has 7 N–H and O–H groups in total. The average Bonchev–Trinajstić information content (AvgIpc) is 2.76. The molecule has 12 heteroatoms. The lowest BCUT2D eigenvalue weighted by atomic mass is 9.99. The second kappa shape index (κ2) is 11.9. The molecule has 0 saturated carbocycles. The van der Waals surface area contributed by atoms with E-state index in [1.807, 2.05) is 0 Å². The first kappa shape index (κ1) is 25.7. The zero-order valence-electron chi connectivity index (χ0n) is 16.8. The lowest BCUT2D eigenvalue weighted by Crippen LogP contribution is -2.60. The number of aliphatic carboxylic acids is 1. The molecule has 32 heavy (non-hydrogen) atoms. The fraction of sp³-hybridized carbons (Fsp3) is 0.500. The molecular formula is C20H26O12. The molecule has 0 radical (unpaired) electrons. The maximum Gasteiger partial charge on any atom is 0.330 e. The van der Waals surface area contributed by atoms with Crippen LogP contribution in [0.3, 0.4) is 0 Å². The van der Waals surface area contributed by atoms with Gasteiger partial charge in [0, 0.05) is 6.08 Å². The number of aromatic hydroxyl groups is 1. The second-order valence-electron chi connectivity index (χ2n) is 7.09. The molecule has 1 heterocycles. The maximum absolute atomic E-state index is 11.9. The number of aliphatic hydroxyl groups excluding tert-OH is 5. The van der Waals surface area contributed by atoms with Crippen LogP contribution in [0.4, 0.5) is 0 Å². The zero-order valence-corrected chi connectivity index (χ0v) is 16.8. The Balaban J connectivity index is 1.98. The minimum absolute atomic E-state index is 0.0581. The highest BCUT2D eigenvalue weighted by atomic mass is 16.7. The summed E-state index contributed by atoms with van der Waals surface area (Å²) in [7, 11) is 0. The molecule has 2 rings (SSSR count). The molecule has 0 amide bonds. The van der Waals surface area contributed by atoms with Gasteiger partial charge in [-0.2, -0.15) is 0 Å². The summed E-state index contributed by atoms with van der Waals surface area (Å²) in [5.41, 5.74) is 0.604. The van der Waals surface area contributed by atoms with Gasteiger partial charge in [0.2, 0.25) is 0 Å². The lowest BCUT2D eigenvalue weighted by Gasteiger charge is -2.41. The average molecular weight is 458 g/mol. The molecule has 1 saturated heterocycles. The summed E-state index contributed by atoms with van der Waals surface area (Å²) < 4.78 is 15.5. The summed E-state index contributed by atoms with van der Waals surface area (Å²) >= 11 is 0. The number of carboxylic acids is 1. The van der Waals surface area contributed by atoms with Crippen molar-refractivity contribution in [3.8, 4) is 5.75 Å². The number of hydrogen-bond donors (Lipinski definition) is 7. The Morgan fingerprint density at radius 2 is 1.75 bits per heavy atom. The number of phenolic OH excluding ortho intramolecular Hbond substituents is 1. The Morgan fingerprint density at radius 3 is 2.34 bits per heavy atom. The standard InChI is InChI=1S/C20H26O12/c21-8-12(23)13(7-15(24)25)31-20-19(29)18(28)17(27)14(32-20)9-30-16(26)6-3-10-1-4-11(22)5-2-10/h1-6,12-14,17-23,27-29H,7-9H2,(H,24,25)/b6-3+/t12-,13+,14-,17-,18+,19-,20-/m1/s1. The third-order valence-corrected chi connectivity index (χ3v) is 4.66. The monoisotopic (exact) mass is 458 g/mol. The van der Waals surface area contributed by atoms with Crippen molar-refractivity contribution in [2.45, 2.75) is 49.3 Å². The molecular weight excluding hydrogens is 432 g/mol. The molecule has 0 aliphatic carbocycles. The molecule has 0 aromatic heterocycles. The summed E-state index contributed by atoms with van der Waals surface area (Å²) in [6.45, 7) is -1.38. The van der Waals surface area contributed by atoms with E-state index in [4.69, 9.17) is 24.4 Å². The quantitative estimate of drug-likeness (QED) is 0.150. The van der Waals surface area contributed by atoms with E-state index in [1.54, 1.807) is 12.1 Å². The molecule has 1 fully saturated rings. The van der Waals surface area contributed by atoms with Crippen LogP contribution in [0.15, 0.2) is 30.3 Å². The number of phenols is 1. The molecule has 0 bridgehead atoms. The summed E-state index contributed by atoms with van der Waals surface area (Å²) in [6.07, 6.45) is -9.65. The van der Waals surface area contributed by atoms with Crippen molar-refractivity contribution in [3.05, 3.63) is 35.9 Å². The SMILES string of the molecule is O=C(O)C[C@H](O[C@@H]1O[C@H](COC(=O)/C=C/c2ccc(O)cc2)[C@@H](O)[C@H](O)[C@H]1O)[C@H](O)CO. The van der Waals surface area contributed by atoms with Crippen LogP contribution in [0.1, 0.15) is 12.0 Å². The highest BCUT2D eigenvalue weighted by molar-refractivity contribution is 5.87. The first-order valence-electron chi connectivity index (χ1n) is 9.62. The van der Waals surface area contributed by atoms with Crippen LogP contribution in [0, 0.1) is 0 Å². The smallest absolute Gasteiger partial charge is 0.330 e. The first-order valence-corrected chi connectivity index (χ1v) is 9.62. The molecule has 0 spiro atoms. The third kappa shape index (κ3) is 7.24. The van der Waals surface area contributed by atoms with Gasteiger partial charge in [-0.15, -0.1) is 0 Å². The Labute approximate surface area is 182 Å². The first-order chi connectivity index (χ1) is 15.1. The number of rotatable bonds is 10. The maximum atomic E-state index is 11.9. The van der Waals surface area contributed by atoms with Gasteiger partial charge in [-0.05, 0) is 23.8 Å². The fourth-order valence-electron chi connectivity index (χ4n) is 2.87. The summed E-state index contributed by atoms with van der Waals surface area (Å²) in [5.74, 6) is -2.12. The van der Waals surface area contributed by atoms with E-state index < -0.39 is 74.5 Å². The van der Waals surface area contributed by atoms with E-state index in [0.29, 0.717) is 5.56 Å². The normalized spacial score (nSPS) is 27.7. The van der Waals surface area contributed by atoms with Crippen molar-refractivity contribution in [2.75, 3.05) is 13.2 Å². The van der Waals surface area contributed by atoms with Crippen LogP contribution in [0.5, 0.6) is 5.75 Å². The van der Waals surface area contributed by atoms with Crippen molar-refractivity contribution in [2.24, 2.45) is 0 Å². The number of aliphatic hydroxyl groups is 5. The van der Waals surface area contributed by atoms with Crippen molar-refractivity contribution in [1.29, 1.82) is 0 Å². The Hall–Kier alpha value is -2.58. The number of hydrogen-bond acceptors (Lipinski definition) is 11. The van der Waals surface area contributed by atoms with Crippen molar-refractivity contribution in [1.82, 2.24) is 0 Å². The van der Waals surface area contributed by atoms with Gasteiger partial charge in [-0.25, -0.2) is 4.79 Å². The van der Waals surface area contributed by atoms with E-state index in [-0.39, 0.29) is 5.75 Å². The molecule has 1 aromatic rings. The minimum Gasteiger partial charge on any atom is -0.508 e. The van der Waals surface area contributed by atoms with Crippen molar-refractivity contribution >= 4 is 18.0 Å². The van der Waals surface area contributed by atoms with E-state index in [9.17, 15) is 35.1 Å². The van der Waals surface area contributed by atoms with Crippen LogP contribution < -0.4 is 0 Å². The van der Waals surface area contributed by atoms with Crippen LogP contribution in [-0.4, -0.2) is 104 Å². The number of carbonyl (C=O) groups excluding carboxylic acids is 1. The molecule has 1 aliphatic rings. The van der Waals surface area contributed by atoms with E-state index in [0.717, 1.165) is 6.08 Å². The highest BCUT2D eigenvalue weighted by Gasteiger charge is 2.46. The summed E-state index contributed by atoms with van der Waals surface area (Å²) in [4.78, 5) is 22.9. The Kier molecular flexibility index (Phi) is 9.53. The van der Waals surface area contributed by atoms with Crippen LogP contribution in [0.2, 0.25) is 0 Å². The van der Waals surface area contributed by atoms with Gasteiger partial charge in [0.25, 0.3) is 0 Å². The fourth-order valence-corrected chi connectivity index (χ4v) is 2.87. The van der Waals surface area contributed by atoms with Crippen LogP contribution in [-0.2, 0) is 23.8 Å². The van der Waals surface area contributed by atoms with Gasteiger partial charge in [0.1, 0.15) is 42.9 Å². The second-order valence-corrected chi connectivity index (χ2v) is 7.09. The largest absolute Gasteiger partial charge is 0.508 e. The number of ether oxygens (including phenoxy) is 3. The van der Waals surface area contributed by atoms with Crippen molar-refractivity contribution in [3.63, 3.8) is 0 Å². The topological polar surface area (TPSA) is 203 Å². The third-order valence-electron chi connectivity index (χ3n) is 4.66. The van der Waals surface area contributed by atoms with E-state index in [2.05, 4.69) is 0 Å². The number of benzene rings is 1. The molecule has 178 valence electrons.